The molecule has 7 heteroatoms. The van der Waals surface area contributed by atoms with Gasteiger partial charge in [0, 0.05) is 6.07 Å². The van der Waals surface area contributed by atoms with E-state index in [1.165, 1.54) is 0 Å². The Morgan fingerprint density at radius 2 is 2.08 bits per heavy atom. The van der Waals surface area contributed by atoms with Gasteiger partial charge in [0.15, 0.2) is 0 Å². The van der Waals surface area contributed by atoms with Crippen molar-refractivity contribution >= 4 is 5.97 Å². The van der Waals surface area contributed by atoms with E-state index in [0.717, 1.165) is 6.07 Å². The molecule has 1 rings (SSSR count). The summed E-state index contributed by atoms with van der Waals surface area (Å²) >= 11 is 0. The van der Waals surface area contributed by atoms with Gasteiger partial charge >= 0.3 is 11.7 Å². The molecule has 1 aromatic heterocycles. The molecular weight excluding hydrogens is 166 g/mol. The van der Waals surface area contributed by atoms with Crippen molar-refractivity contribution in [3.63, 3.8) is 0 Å². The normalized spacial score (nSPS) is 9.42. The number of carbonyl (C=O) groups excluding carboxylic acids is 1. The smallest absolute Gasteiger partial charge is 0.369 e. The zero-order valence-corrected chi connectivity index (χ0v) is 5.79. The Kier molecular flexibility index (Phi) is 2.06. The van der Waals surface area contributed by atoms with Crippen LogP contribution in [0.3, 0.4) is 0 Å². The molecular formula is C5H5N3O4. The fourth-order valence-corrected chi connectivity index (χ4v) is 0.642. The van der Waals surface area contributed by atoms with Gasteiger partial charge in [0.25, 0.3) is 5.56 Å². The van der Waals surface area contributed by atoms with Crippen molar-refractivity contribution in [2.75, 3.05) is 0 Å². The van der Waals surface area contributed by atoms with E-state index in [1.54, 1.807) is 0 Å². The summed E-state index contributed by atoms with van der Waals surface area (Å²) in [6, 6.07) is 0.872. The summed E-state index contributed by atoms with van der Waals surface area (Å²) in [5.74, 6) is 3.55. The van der Waals surface area contributed by atoms with Crippen LogP contribution in [-0.4, -0.2) is 15.9 Å². The van der Waals surface area contributed by atoms with Crippen molar-refractivity contribution in [2.45, 2.75) is 0 Å². The summed E-state index contributed by atoms with van der Waals surface area (Å²) in [4.78, 5) is 39.5. The molecule has 4 N–H and O–H groups in total. The molecule has 0 fully saturated rings. The van der Waals surface area contributed by atoms with E-state index in [1.807, 2.05) is 9.97 Å². The van der Waals surface area contributed by atoms with E-state index in [-0.39, 0.29) is 5.69 Å². The van der Waals surface area contributed by atoms with Crippen LogP contribution in [-0.2, 0) is 4.84 Å². The van der Waals surface area contributed by atoms with Gasteiger partial charge in [0.2, 0.25) is 0 Å². The Balaban J connectivity index is 3.27. The topological polar surface area (TPSA) is 118 Å². The summed E-state index contributed by atoms with van der Waals surface area (Å²) < 4.78 is 0. The van der Waals surface area contributed by atoms with Gasteiger partial charge in [0.05, 0.1) is 0 Å². The number of H-pyrrole nitrogens is 2. The fraction of sp³-hybridized carbons (Fsp3) is 0. The third-order valence-electron chi connectivity index (χ3n) is 1.09. The second kappa shape index (κ2) is 3.01. The van der Waals surface area contributed by atoms with Gasteiger partial charge in [-0.1, -0.05) is 0 Å². The Hall–Kier alpha value is -1.89. The van der Waals surface area contributed by atoms with Gasteiger partial charge in [-0.05, 0) is 0 Å². The summed E-state index contributed by atoms with van der Waals surface area (Å²) in [6.07, 6.45) is 0. The Bertz CT molecular complexity index is 375. The second-order valence-electron chi connectivity index (χ2n) is 1.91. The molecule has 0 atom stereocenters. The molecule has 0 saturated heterocycles. The van der Waals surface area contributed by atoms with Crippen LogP contribution in [0, 0.1) is 0 Å². The highest BCUT2D eigenvalue weighted by Gasteiger charge is 2.07. The van der Waals surface area contributed by atoms with E-state index in [0.29, 0.717) is 0 Å². The standard InChI is InChI=1S/C5H5N3O4/c6-12-4(10)2-1-3(9)8-5(11)7-2/h1H,6H2,(H2,7,8,9,11). The van der Waals surface area contributed by atoms with Crippen molar-refractivity contribution in [2.24, 2.45) is 5.90 Å². The van der Waals surface area contributed by atoms with Crippen LogP contribution in [0.15, 0.2) is 15.7 Å². The lowest BCUT2D eigenvalue weighted by atomic mass is 10.4. The molecule has 0 saturated carbocycles. The van der Waals surface area contributed by atoms with Crippen molar-refractivity contribution in [3.05, 3.63) is 32.6 Å². The minimum atomic E-state index is -0.974. The maximum Gasteiger partial charge on any atom is 0.373 e. The number of aromatic nitrogens is 2. The summed E-state index contributed by atoms with van der Waals surface area (Å²) in [7, 11) is 0. The Morgan fingerprint density at radius 1 is 1.42 bits per heavy atom. The van der Waals surface area contributed by atoms with Crippen LogP contribution in [0.25, 0.3) is 0 Å². The lowest BCUT2D eigenvalue weighted by molar-refractivity contribution is 0.0495. The van der Waals surface area contributed by atoms with Gasteiger partial charge in [-0.3, -0.25) is 9.78 Å². The predicted molar refractivity (Wildman–Crippen MR) is 37.3 cm³/mol. The van der Waals surface area contributed by atoms with E-state index >= 15 is 0 Å². The predicted octanol–water partition coefficient (Wildman–Crippen LogP) is -1.91. The minimum absolute atomic E-state index is 0.286. The second-order valence-corrected chi connectivity index (χ2v) is 1.91. The average molecular weight is 171 g/mol. The molecule has 0 aromatic carbocycles. The van der Waals surface area contributed by atoms with Crippen molar-refractivity contribution in [1.29, 1.82) is 0 Å². The Morgan fingerprint density at radius 3 is 2.58 bits per heavy atom. The summed E-state index contributed by atoms with van der Waals surface area (Å²) in [6.45, 7) is 0. The molecule has 0 spiro atoms. The van der Waals surface area contributed by atoms with Crippen molar-refractivity contribution < 1.29 is 9.63 Å². The fourth-order valence-electron chi connectivity index (χ4n) is 0.642. The summed E-state index contributed by atoms with van der Waals surface area (Å²) in [5.41, 5.74) is -1.77. The number of carbonyl (C=O) groups is 1. The molecule has 1 heterocycles. The number of nitrogens with two attached hydrogens (primary N) is 1. The van der Waals surface area contributed by atoms with E-state index in [4.69, 9.17) is 0 Å². The van der Waals surface area contributed by atoms with Gasteiger partial charge in [0.1, 0.15) is 5.69 Å². The third kappa shape index (κ3) is 1.58. The van der Waals surface area contributed by atoms with Crippen LogP contribution in [0.2, 0.25) is 0 Å². The SMILES string of the molecule is NOC(=O)c1cc(=O)[nH]c(=O)[nH]1. The van der Waals surface area contributed by atoms with Crippen molar-refractivity contribution in [1.82, 2.24) is 9.97 Å². The molecule has 0 radical (unpaired) electrons. The highest BCUT2D eigenvalue weighted by Crippen LogP contribution is 1.85. The molecule has 0 aliphatic heterocycles. The highest BCUT2D eigenvalue weighted by molar-refractivity contribution is 5.86. The molecule has 0 unspecified atom stereocenters. The molecule has 1 aromatic rings. The maximum absolute atomic E-state index is 10.6. The molecule has 64 valence electrons. The first-order chi connectivity index (χ1) is 5.63. The molecule has 0 bridgehead atoms. The van der Waals surface area contributed by atoms with Gasteiger partial charge in [-0.25, -0.2) is 9.59 Å². The molecule has 12 heavy (non-hydrogen) atoms. The molecule has 0 amide bonds. The van der Waals surface area contributed by atoms with Crippen LogP contribution in [0.1, 0.15) is 10.5 Å². The zero-order chi connectivity index (χ0) is 9.14. The minimum Gasteiger partial charge on any atom is -0.369 e. The van der Waals surface area contributed by atoms with Gasteiger partial charge in [-0.2, -0.15) is 5.90 Å². The highest BCUT2D eigenvalue weighted by atomic mass is 16.7. The number of aromatic amines is 2. The maximum atomic E-state index is 10.6. The van der Waals surface area contributed by atoms with Crippen LogP contribution in [0.4, 0.5) is 0 Å². The van der Waals surface area contributed by atoms with Crippen LogP contribution >= 0.6 is 0 Å². The first kappa shape index (κ1) is 8.21. The first-order valence-electron chi connectivity index (χ1n) is 2.88. The molecule has 7 nitrogen and oxygen atoms in total. The lowest BCUT2D eigenvalue weighted by Gasteiger charge is -1.94. The molecule has 0 aliphatic rings. The van der Waals surface area contributed by atoms with Crippen LogP contribution < -0.4 is 17.1 Å². The Labute approximate surface area is 65.1 Å². The van der Waals surface area contributed by atoms with E-state index in [2.05, 4.69) is 10.7 Å². The van der Waals surface area contributed by atoms with Crippen molar-refractivity contribution in [3.8, 4) is 0 Å². The summed E-state index contributed by atoms with van der Waals surface area (Å²) in [5, 5.41) is 0. The first-order valence-corrected chi connectivity index (χ1v) is 2.88. The number of nitrogens with one attached hydrogen (secondary N) is 2. The van der Waals surface area contributed by atoms with E-state index in [9.17, 15) is 14.4 Å². The van der Waals surface area contributed by atoms with E-state index < -0.39 is 17.2 Å². The number of hydrogen-bond donors (Lipinski definition) is 3. The number of hydrogen-bond acceptors (Lipinski definition) is 5. The van der Waals surface area contributed by atoms with Gasteiger partial charge < -0.3 is 9.82 Å². The monoisotopic (exact) mass is 171 g/mol. The van der Waals surface area contributed by atoms with Gasteiger partial charge in [-0.15, -0.1) is 0 Å². The lowest BCUT2D eigenvalue weighted by Crippen LogP contribution is -2.26. The third-order valence-corrected chi connectivity index (χ3v) is 1.09. The molecule has 0 aliphatic carbocycles. The number of rotatable bonds is 1. The van der Waals surface area contributed by atoms with Crippen LogP contribution in [0.5, 0.6) is 0 Å². The quantitative estimate of drug-likeness (QED) is 0.426. The largest absolute Gasteiger partial charge is 0.373 e. The zero-order valence-electron chi connectivity index (χ0n) is 5.79. The average Bonchev–Trinajstić information content (AvgIpc) is 2.01.